The minimum absolute atomic E-state index is 0.328. The molecule has 1 atom stereocenters. The number of aliphatic carboxylic acids is 1. The van der Waals surface area contributed by atoms with E-state index < -0.39 is 11.9 Å². The zero-order valence-electron chi connectivity index (χ0n) is 10.9. The zero-order valence-corrected chi connectivity index (χ0v) is 12.5. The monoisotopic (exact) mass is 335 g/mol. The molecular weight excluding hydrogens is 322 g/mol. The van der Waals surface area contributed by atoms with Gasteiger partial charge in [-0.15, -0.1) is 0 Å². The Labute approximate surface area is 125 Å². The van der Waals surface area contributed by atoms with Gasteiger partial charge in [0.1, 0.15) is 0 Å². The predicted molar refractivity (Wildman–Crippen MR) is 79.0 cm³/mol. The highest BCUT2D eigenvalue weighted by Crippen LogP contribution is 2.23. The van der Waals surface area contributed by atoms with Crippen molar-refractivity contribution in [1.29, 1.82) is 0 Å². The van der Waals surface area contributed by atoms with Crippen LogP contribution in [-0.4, -0.2) is 23.2 Å². The molecule has 0 aliphatic heterocycles. The van der Waals surface area contributed by atoms with Crippen molar-refractivity contribution >= 4 is 21.9 Å². The number of halogens is 1. The van der Waals surface area contributed by atoms with Crippen LogP contribution in [0.1, 0.15) is 17.2 Å². The first-order valence-electron chi connectivity index (χ1n) is 6.08. The van der Waals surface area contributed by atoms with Crippen molar-refractivity contribution in [3.63, 3.8) is 0 Å². The van der Waals surface area contributed by atoms with Gasteiger partial charge in [0.25, 0.3) is 0 Å². The van der Waals surface area contributed by atoms with Crippen molar-refractivity contribution in [3.8, 4) is 5.88 Å². The van der Waals surface area contributed by atoms with Crippen molar-refractivity contribution in [2.75, 3.05) is 7.11 Å². The summed E-state index contributed by atoms with van der Waals surface area (Å²) in [6.45, 7) is 0. The molecule has 1 aromatic heterocycles. The molecule has 104 valence electrons. The van der Waals surface area contributed by atoms with Crippen LogP contribution in [0.2, 0.25) is 0 Å². The lowest BCUT2D eigenvalue weighted by Gasteiger charge is -2.13. The Hall–Kier alpha value is -1.88. The van der Waals surface area contributed by atoms with Crippen molar-refractivity contribution in [1.82, 2.24) is 4.98 Å². The fraction of sp³-hybridized carbons (Fsp3) is 0.200. The third-order valence-electron chi connectivity index (χ3n) is 2.97. The van der Waals surface area contributed by atoms with Crippen molar-refractivity contribution in [3.05, 3.63) is 58.2 Å². The molecule has 0 saturated heterocycles. The normalized spacial score (nSPS) is 11.9. The molecule has 0 aliphatic rings. The molecule has 1 N–H and O–H groups in total. The van der Waals surface area contributed by atoms with E-state index in [-0.39, 0.29) is 0 Å². The molecule has 0 spiro atoms. The third kappa shape index (κ3) is 3.57. The van der Waals surface area contributed by atoms with Gasteiger partial charge in [0.05, 0.1) is 13.0 Å². The molecule has 0 aliphatic carbocycles. The first-order valence-corrected chi connectivity index (χ1v) is 6.87. The Bertz CT molecular complexity index is 598. The van der Waals surface area contributed by atoms with E-state index in [9.17, 15) is 9.90 Å². The minimum atomic E-state index is -0.864. The van der Waals surface area contributed by atoms with Gasteiger partial charge in [-0.25, -0.2) is 4.98 Å². The van der Waals surface area contributed by atoms with Gasteiger partial charge in [-0.2, -0.15) is 0 Å². The molecule has 5 heteroatoms. The van der Waals surface area contributed by atoms with Crippen LogP contribution in [0.15, 0.2) is 46.9 Å². The number of nitrogens with zero attached hydrogens (tertiary/aromatic N) is 1. The summed E-state index contributed by atoms with van der Waals surface area (Å²) in [7, 11) is 1.54. The summed E-state index contributed by atoms with van der Waals surface area (Å²) in [5, 5.41) is 9.41. The summed E-state index contributed by atoms with van der Waals surface area (Å²) in [5.41, 5.74) is 1.45. The number of rotatable bonds is 5. The molecule has 0 amide bonds. The average Bonchev–Trinajstić information content (AvgIpc) is 2.46. The lowest BCUT2D eigenvalue weighted by Crippen LogP contribution is -2.15. The fourth-order valence-corrected chi connectivity index (χ4v) is 2.20. The molecule has 1 heterocycles. The molecule has 20 heavy (non-hydrogen) atoms. The van der Waals surface area contributed by atoms with Crippen molar-refractivity contribution in [2.24, 2.45) is 0 Å². The van der Waals surface area contributed by atoms with E-state index in [4.69, 9.17) is 4.74 Å². The molecule has 2 rings (SSSR count). The predicted octanol–water partition coefficient (Wildman–Crippen LogP) is 3.26. The molecule has 1 aromatic carbocycles. The summed E-state index contributed by atoms with van der Waals surface area (Å²) in [5.74, 6) is -0.998. The highest BCUT2D eigenvalue weighted by atomic mass is 79.9. The van der Waals surface area contributed by atoms with E-state index in [0.717, 1.165) is 10.0 Å². The summed E-state index contributed by atoms with van der Waals surface area (Å²) < 4.78 is 5.97. The molecular formula is C15H14BrNO3. The van der Waals surface area contributed by atoms with E-state index in [1.807, 2.05) is 30.3 Å². The number of ether oxygens (including phenoxy) is 1. The number of hydrogen-bond donors (Lipinski definition) is 1. The Kier molecular flexibility index (Phi) is 4.74. The number of carboxylic acids is 1. The molecule has 2 aromatic rings. The van der Waals surface area contributed by atoms with E-state index >= 15 is 0 Å². The van der Waals surface area contributed by atoms with Gasteiger partial charge in [-0.05, 0) is 23.8 Å². The first-order chi connectivity index (χ1) is 9.60. The van der Waals surface area contributed by atoms with Crippen LogP contribution >= 0.6 is 15.9 Å². The molecule has 0 fully saturated rings. The number of carboxylic acid groups (broad SMARTS) is 1. The summed E-state index contributed by atoms with van der Waals surface area (Å²) in [4.78, 5) is 15.7. The van der Waals surface area contributed by atoms with Gasteiger partial charge < -0.3 is 9.84 Å². The third-order valence-corrected chi connectivity index (χ3v) is 3.50. The van der Waals surface area contributed by atoms with Crippen LogP contribution in [0.25, 0.3) is 0 Å². The van der Waals surface area contributed by atoms with Gasteiger partial charge in [0, 0.05) is 22.7 Å². The number of pyridine rings is 1. The Morgan fingerprint density at radius 2 is 2.00 bits per heavy atom. The SMILES string of the molecule is COc1cccc(CC(C(=O)O)c2ccc(Br)cc2)n1. The maximum Gasteiger partial charge on any atom is 0.311 e. The van der Waals surface area contributed by atoms with Crippen LogP contribution in [0.3, 0.4) is 0 Å². The summed E-state index contributed by atoms with van der Waals surface area (Å²) in [6, 6.07) is 12.6. The number of carbonyl (C=O) groups is 1. The Morgan fingerprint density at radius 3 is 2.60 bits per heavy atom. The lowest BCUT2D eigenvalue weighted by atomic mass is 9.94. The van der Waals surface area contributed by atoms with Gasteiger partial charge in [0.15, 0.2) is 0 Å². The molecule has 0 radical (unpaired) electrons. The summed E-state index contributed by atoms with van der Waals surface area (Å²) >= 11 is 3.34. The fourth-order valence-electron chi connectivity index (χ4n) is 1.94. The number of methoxy groups -OCH3 is 1. The van der Waals surface area contributed by atoms with Crippen LogP contribution in [0.5, 0.6) is 5.88 Å². The van der Waals surface area contributed by atoms with Crippen molar-refractivity contribution in [2.45, 2.75) is 12.3 Å². The van der Waals surface area contributed by atoms with E-state index in [1.54, 1.807) is 12.1 Å². The van der Waals surface area contributed by atoms with Gasteiger partial charge in [-0.1, -0.05) is 34.1 Å². The van der Waals surface area contributed by atoms with Crippen LogP contribution in [0, 0.1) is 0 Å². The molecule has 0 bridgehead atoms. The maximum atomic E-state index is 11.5. The Balaban J connectivity index is 2.25. The smallest absolute Gasteiger partial charge is 0.311 e. The van der Waals surface area contributed by atoms with Crippen LogP contribution in [-0.2, 0) is 11.2 Å². The van der Waals surface area contributed by atoms with Crippen molar-refractivity contribution < 1.29 is 14.6 Å². The van der Waals surface area contributed by atoms with Crippen LogP contribution < -0.4 is 4.74 Å². The second kappa shape index (κ2) is 6.52. The second-order valence-electron chi connectivity index (χ2n) is 4.32. The molecule has 0 saturated carbocycles. The number of benzene rings is 1. The first kappa shape index (κ1) is 14.5. The lowest BCUT2D eigenvalue weighted by molar-refractivity contribution is -0.138. The molecule has 1 unspecified atom stereocenters. The van der Waals surface area contributed by atoms with E-state index in [2.05, 4.69) is 20.9 Å². The summed E-state index contributed by atoms with van der Waals surface area (Å²) in [6.07, 6.45) is 0.328. The zero-order chi connectivity index (χ0) is 14.5. The van der Waals surface area contributed by atoms with E-state index in [0.29, 0.717) is 18.0 Å². The topological polar surface area (TPSA) is 59.4 Å². The second-order valence-corrected chi connectivity index (χ2v) is 5.23. The number of aromatic nitrogens is 1. The minimum Gasteiger partial charge on any atom is -0.481 e. The van der Waals surface area contributed by atoms with Gasteiger partial charge >= 0.3 is 5.97 Å². The van der Waals surface area contributed by atoms with Gasteiger partial charge in [0.2, 0.25) is 5.88 Å². The average molecular weight is 336 g/mol. The standard InChI is InChI=1S/C15H14BrNO3/c1-20-14-4-2-3-12(17-14)9-13(15(18)19)10-5-7-11(16)8-6-10/h2-8,13H,9H2,1H3,(H,18,19). The largest absolute Gasteiger partial charge is 0.481 e. The maximum absolute atomic E-state index is 11.5. The highest BCUT2D eigenvalue weighted by molar-refractivity contribution is 9.10. The highest BCUT2D eigenvalue weighted by Gasteiger charge is 2.21. The van der Waals surface area contributed by atoms with E-state index in [1.165, 1.54) is 7.11 Å². The quantitative estimate of drug-likeness (QED) is 0.910. The number of hydrogen-bond acceptors (Lipinski definition) is 3. The van der Waals surface area contributed by atoms with Crippen LogP contribution in [0.4, 0.5) is 0 Å². The van der Waals surface area contributed by atoms with Gasteiger partial charge in [-0.3, -0.25) is 4.79 Å². The molecule has 4 nitrogen and oxygen atoms in total. The Morgan fingerprint density at radius 1 is 1.30 bits per heavy atom.